The van der Waals surface area contributed by atoms with E-state index in [1.54, 1.807) is 18.7 Å². The van der Waals surface area contributed by atoms with Gasteiger partial charge in [-0.15, -0.1) is 0 Å². The third-order valence-electron chi connectivity index (χ3n) is 2.82. The van der Waals surface area contributed by atoms with Crippen LogP contribution in [0.25, 0.3) is 0 Å². The highest BCUT2D eigenvalue weighted by atomic mass is 79.9. The molecule has 8 heteroatoms. The Balaban J connectivity index is 2.65. The Hall–Kier alpha value is -0.180. The summed E-state index contributed by atoms with van der Waals surface area (Å²) >= 11 is 3.33. The Morgan fingerprint density at radius 2 is 1.61 bits per heavy atom. The lowest BCUT2D eigenvalue weighted by Crippen LogP contribution is -2.55. The van der Waals surface area contributed by atoms with E-state index in [9.17, 15) is 13.2 Å². The fourth-order valence-electron chi connectivity index (χ4n) is 1.73. The summed E-state index contributed by atoms with van der Waals surface area (Å²) in [7, 11) is -0.351. The first kappa shape index (κ1) is 15.9. The molecule has 1 aliphatic heterocycles. The van der Waals surface area contributed by atoms with Crippen molar-refractivity contribution in [2.75, 3.05) is 40.3 Å². The van der Waals surface area contributed by atoms with E-state index in [1.807, 2.05) is 0 Å². The van der Waals surface area contributed by atoms with Crippen LogP contribution in [0.15, 0.2) is 0 Å². The number of nitrogens with zero attached hydrogens (tertiary/aromatic N) is 3. The molecule has 1 heterocycles. The monoisotopic (exact) mass is 341 g/mol. The zero-order valence-corrected chi connectivity index (χ0v) is 13.6. The van der Waals surface area contributed by atoms with Gasteiger partial charge in [-0.25, -0.2) is 0 Å². The van der Waals surface area contributed by atoms with E-state index < -0.39 is 14.5 Å². The van der Waals surface area contributed by atoms with E-state index >= 15 is 0 Å². The molecule has 6 nitrogen and oxygen atoms in total. The number of carbonyl (C=O) groups excluding carboxylic acids is 1. The molecular formula is C10H20BrN3O3S. The molecule has 0 unspecified atom stereocenters. The van der Waals surface area contributed by atoms with Crippen molar-refractivity contribution in [2.45, 2.75) is 18.2 Å². The lowest BCUT2D eigenvalue weighted by atomic mass is 10.1. The molecule has 0 spiro atoms. The standard InChI is InChI=1S/C10H20BrN3O3S/c1-10(2,11)9(15)13-5-7-14(8-6-13)18(16,17)12(3)4/h5-8H2,1-4H3. The van der Waals surface area contributed by atoms with Gasteiger partial charge in [0.1, 0.15) is 0 Å². The summed E-state index contributed by atoms with van der Waals surface area (Å²) in [5.41, 5.74) is 0. The van der Waals surface area contributed by atoms with E-state index in [0.717, 1.165) is 0 Å². The largest absolute Gasteiger partial charge is 0.339 e. The van der Waals surface area contributed by atoms with Crippen molar-refractivity contribution < 1.29 is 13.2 Å². The fourth-order valence-corrected chi connectivity index (χ4v) is 3.07. The minimum Gasteiger partial charge on any atom is -0.339 e. The Morgan fingerprint density at radius 3 is 1.94 bits per heavy atom. The van der Waals surface area contributed by atoms with Gasteiger partial charge in [0.05, 0.1) is 4.32 Å². The highest BCUT2D eigenvalue weighted by Crippen LogP contribution is 2.21. The molecule has 0 atom stereocenters. The second-order valence-corrected chi connectivity index (χ2v) is 9.08. The Labute approximate surface area is 117 Å². The van der Waals surface area contributed by atoms with E-state index in [-0.39, 0.29) is 5.91 Å². The molecule has 1 aliphatic rings. The molecule has 1 fully saturated rings. The minimum atomic E-state index is -3.37. The van der Waals surface area contributed by atoms with E-state index in [4.69, 9.17) is 0 Å². The third-order valence-corrected chi connectivity index (χ3v) is 5.10. The lowest BCUT2D eigenvalue weighted by molar-refractivity contribution is -0.133. The summed E-state index contributed by atoms with van der Waals surface area (Å²) < 4.78 is 25.8. The maximum absolute atomic E-state index is 12.0. The van der Waals surface area contributed by atoms with Gasteiger partial charge >= 0.3 is 0 Å². The summed E-state index contributed by atoms with van der Waals surface area (Å²) in [5, 5.41) is 0. The van der Waals surface area contributed by atoms with Crippen LogP contribution in [0.2, 0.25) is 0 Å². The van der Waals surface area contributed by atoms with Crippen molar-refractivity contribution in [2.24, 2.45) is 0 Å². The van der Waals surface area contributed by atoms with Gasteiger partial charge in [0.2, 0.25) is 5.91 Å². The average molecular weight is 342 g/mol. The number of rotatable bonds is 3. The molecule has 0 aromatic heterocycles. The highest BCUT2D eigenvalue weighted by molar-refractivity contribution is 9.10. The van der Waals surface area contributed by atoms with Gasteiger partial charge in [-0.05, 0) is 13.8 Å². The molecule has 1 amide bonds. The zero-order valence-electron chi connectivity index (χ0n) is 11.2. The Kier molecular flexibility index (Phi) is 4.80. The first-order valence-corrected chi connectivity index (χ1v) is 7.91. The summed E-state index contributed by atoms with van der Waals surface area (Å²) in [6.45, 7) is 5.13. The first-order valence-electron chi connectivity index (χ1n) is 5.72. The maximum Gasteiger partial charge on any atom is 0.281 e. The van der Waals surface area contributed by atoms with Crippen molar-refractivity contribution in [3.63, 3.8) is 0 Å². The number of hydrogen-bond donors (Lipinski definition) is 0. The average Bonchev–Trinajstić information content (AvgIpc) is 2.26. The predicted octanol–water partition coefficient (Wildman–Crippen LogP) is 0.111. The van der Waals surface area contributed by atoms with Crippen molar-refractivity contribution in [3.8, 4) is 0 Å². The van der Waals surface area contributed by atoms with E-state index in [2.05, 4.69) is 15.9 Å². The van der Waals surface area contributed by atoms with Crippen LogP contribution in [0, 0.1) is 0 Å². The lowest BCUT2D eigenvalue weighted by Gasteiger charge is -2.37. The maximum atomic E-state index is 12.0. The second kappa shape index (κ2) is 5.44. The summed E-state index contributed by atoms with van der Waals surface area (Å²) in [6.07, 6.45) is 0. The van der Waals surface area contributed by atoms with Crippen molar-refractivity contribution in [3.05, 3.63) is 0 Å². The van der Waals surface area contributed by atoms with Gasteiger partial charge in [0.25, 0.3) is 10.2 Å². The van der Waals surface area contributed by atoms with Gasteiger partial charge < -0.3 is 4.90 Å². The van der Waals surface area contributed by atoms with Crippen LogP contribution >= 0.6 is 15.9 Å². The summed E-state index contributed by atoms with van der Waals surface area (Å²) in [6, 6.07) is 0. The van der Waals surface area contributed by atoms with Gasteiger partial charge in [-0.3, -0.25) is 4.79 Å². The van der Waals surface area contributed by atoms with Crippen LogP contribution in [0.4, 0.5) is 0 Å². The molecule has 0 saturated carbocycles. The molecule has 0 radical (unpaired) electrons. The number of hydrogen-bond acceptors (Lipinski definition) is 3. The summed E-state index contributed by atoms with van der Waals surface area (Å²) in [4.78, 5) is 13.7. The zero-order chi connectivity index (χ0) is 14.1. The molecule has 1 rings (SSSR count). The topological polar surface area (TPSA) is 60.9 Å². The quantitative estimate of drug-likeness (QED) is 0.684. The van der Waals surface area contributed by atoms with Crippen LogP contribution in [0.1, 0.15) is 13.8 Å². The third kappa shape index (κ3) is 3.43. The first-order chi connectivity index (χ1) is 8.06. The van der Waals surface area contributed by atoms with Gasteiger partial charge in [0.15, 0.2) is 0 Å². The van der Waals surface area contributed by atoms with Gasteiger partial charge in [-0.2, -0.15) is 17.0 Å². The second-order valence-electron chi connectivity index (χ2n) is 4.95. The number of halogens is 1. The normalized spacial score (nSPS) is 19.3. The Morgan fingerprint density at radius 1 is 1.17 bits per heavy atom. The molecule has 1 saturated heterocycles. The summed E-state index contributed by atoms with van der Waals surface area (Å²) in [5.74, 6) is -0.00981. The van der Waals surface area contributed by atoms with Crippen LogP contribution in [0.3, 0.4) is 0 Å². The smallest absolute Gasteiger partial charge is 0.281 e. The van der Waals surface area contributed by atoms with Gasteiger partial charge in [-0.1, -0.05) is 15.9 Å². The molecule has 106 valence electrons. The minimum absolute atomic E-state index is 0.00981. The number of amides is 1. The predicted molar refractivity (Wildman–Crippen MR) is 73.8 cm³/mol. The molecule has 0 bridgehead atoms. The molecule has 0 aliphatic carbocycles. The van der Waals surface area contributed by atoms with E-state index in [1.165, 1.54) is 22.7 Å². The molecule has 18 heavy (non-hydrogen) atoms. The number of piperazine rings is 1. The van der Waals surface area contributed by atoms with Gasteiger partial charge in [0, 0.05) is 40.3 Å². The van der Waals surface area contributed by atoms with E-state index in [0.29, 0.717) is 26.2 Å². The molecule has 0 aromatic rings. The van der Waals surface area contributed by atoms with Crippen molar-refractivity contribution in [1.82, 2.24) is 13.5 Å². The SMILES string of the molecule is CN(C)S(=O)(=O)N1CCN(C(=O)C(C)(C)Br)CC1. The number of carbonyl (C=O) groups is 1. The van der Waals surface area contributed by atoms with Crippen LogP contribution in [-0.2, 0) is 15.0 Å². The van der Waals surface area contributed by atoms with Crippen LogP contribution in [0.5, 0.6) is 0 Å². The van der Waals surface area contributed by atoms with Crippen molar-refractivity contribution >= 4 is 32.0 Å². The van der Waals surface area contributed by atoms with Crippen LogP contribution in [-0.4, -0.2) is 72.4 Å². The fraction of sp³-hybridized carbons (Fsp3) is 0.900. The molecule has 0 aromatic carbocycles. The number of alkyl halides is 1. The van der Waals surface area contributed by atoms with Crippen LogP contribution < -0.4 is 0 Å². The molecular weight excluding hydrogens is 322 g/mol. The van der Waals surface area contributed by atoms with Crippen molar-refractivity contribution in [1.29, 1.82) is 0 Å². The molecule has 0 N–H and O–H groups in total. The highest BCUT2D eigenvalue weighted by Gasteiger charge is 2.34. The Bertz CT molecular complexity index is 409.